The molecule has 0 amide bonds. The molecule has 1 spiro atoms. The van der Waals surface area contributed by atoms with Gasteiger partial charge in [0.25, 0.3) is 0 Å². The lowest BCUT2D eigenvalue weighted by Gasteiger charge is -2.40. The van der Waals surface area contributed by atoms with E-state index in [0.29, 0.717) is 0 Å². The molecule has 1 aromatic heterocycles. The van der Waals surface area contributed by atoms with Gasteiger partial charge in [0, 0.05) is 33.1 Å². The number of fused-ring (bicyclic) bond motifs is 18. The average molecular weight is 929 g/mol. The fourth-order valence-electron chi connectivity index (χ4n) is 14.6. The van der Waals surface area contributed by atoms with Gasteiger partial charge in [-0.25, -0.2) is 0 Å². The van der Waals surface area contributed by atoms with Crippen molar-refractivity contribution in [2.45, 2.75) is 30.1 Å². The fourth-order valence-corrected chi connectivity index (χ4v) is 14.6. The van der Waals surface area contributed by atoms with Crippen LogP contribution in [0.4, 0.5) is 17.1 Å². The summed E-state index contributed by atoms with van der Waals surface area (Å²) in [6, 6.07) is 96.7. The second kappa shape index (κ2) is 14.6. The quantitative estimate of drug-likeness (QED) is 0.167. The molecule has 73 heavy (non-hydrogen) atoms. The minimum absolute atomic E-state index is 0.205. The van der Waals surface area contributed by atoms with Crippen molar-refractivity contribution in [1.82, 2.24) is 4.57 Å². The fraction of sp³-hybridized carbons (Fsp3) is 0.0704. The van der Waals surface area contributed by atoms with Gasteiger partial charge >= 0.3 is 0 Å². The van der Waals surface area contributed by atoms with Gasteiger partial charge in [-0.05, 0) is 126 Å². The zero-order chi connectivity index (χ0) is 48.2. The molecule has 0 saturated carbocycles. The number of benzene rings is 11. The smallest absolute Gasteiger partial charge is 0.0755 e. The summed E-state index contributed by atoms with van der Waals surface area (Å²) in [6.07, 6.45) is 0. The van der Waals surface area contributed by atoms with E-state index in [0.717, 1.165) is 17.1 Å². The van der Waals surface area contributed by atoms with Gasteiger partial charge < -0.3 is 9.47 Å². The van der Waals surface area contributed by atoms with Crippen molar-refractivity contribution in [2.24, 2.45) is 0 Å². The molecular weight excluding hydrogens is 881 g/mol. The van der Waals surface area contributed by atoms with E-state index in [1.165, 1.54) is 117 Å². The van der Waals surface area contributed by atoms with Crippen LogP contribution in [0, 0.1) is 0 Å². The highest BCUT2D eigenvalue weighted by Crippen LogP contribution is 2.64. The molecular formula is C71H48N2. The summed E-state index contributed by atoms with van der Waals surface area (Å²) >= 11 is 0. The Morgan fingerprint density at radius 1 is 0.329 bits per heavy atom. The number of hydrogen-bond donors (Lipinski definition) is 0. The first-order valence-electron chi connectivity index (χ1n) is 25.8. The van der Waals surface area contributed by atoms with Crippen LogP contribution < -0.4 is 4.90 Å². The summed E-state index contributed by atoms with van der Waals surface area (Å²) in [6.45, 7) is 4.80. The normalized spacial score (nSPS) is 15.0. The molecule has 11 aromatic carbocycles. The standard InChI is InChI=1S/C71H48N2/c1-69(2)56-31-14-9-26-49(56)52-41-40-47(43-62(52)69)72(66-39-21-36-61-67(66)54-30-12-17-34-59(54)70(61,45-22-5-3-6-23-45)46-24-7-4-8-25-46)48-42-55-53-29-13-19-37-64(53)73-65-38-20-18-35-60(65)71(63(44-48)68(55)73)57-32-15-10-27-50(57)51-28-11-16-33-58(51)71/h3-44H,1-2H3. The summed E-state index contributed by atoms with van der Waals surface area (Å²) in [5.41, 5.74) is 26.5. The Hall–Kier alpha value is -8.98. The Labute approximate surface area is 425 Å². The molecule has 1 aliphatic heterocycles. The third kappa shape index (κ3) is 5.03. The minimum Gasteiger partial charge on any atom is -0.310 e. The minimum atomic E-state index is -0.601. The Morgan fingerprint density at radius 3 is 1.52 bits per heavy atom. The molecule has 342 valence electrons. The predicted molar refractivity (Wildman–Crippen MR) is 301 cm³/mol. The molecule has 0 fully saturated rings. The molecule has 0 atom stereocenters. The summed E-state index contributed by atoms with van der Waals surface area (Å²) in [4.78, 5) is 2.63. The largest absolute Gasteiger partial charge is 0.310 e. The zero-order valence-electron chi connectivity index (χ0n) is 40.6. The maximum absolute atomic E-state index is 2.63. The molecule has 2 nitrogen and oxygen atoms in total. The van der Waals surface area contributed by atoms with Crippen molar-refractivity contribution in [3.63, 3.8) is 0 Å². The number of rotatable bonds is 5. The van der Waals surface area contributed by atoms with E-state index in [9.17, 15) is 0 Å². The number of nitrogens with zero attached hydrogens (tertiary/aromatic N) is 2. The van der Waals surface area contributed by atoms with Crippen molar-refractivity contribution >= 4 is 38.9 Å². The summed E-state index contributed by atoms with van der Waals surface area (Å²) in [5, 5.41) is 2.49. The molecule has 16 rings (SSSR count). The van der Waals surface area contributed by atoms with Crippen LogP contribution in [0.25, 0.3) is 60.9 Å². The van der Waals surface area contributed by atoms with Crippen molar-refractivity contribution in [2.75, 3.05) is 4.90 Å². The van der Waals surface area contributed by atoms with E-state index < -0.39 is 10.8 Å². The molecule has 0 unspecified atom stereocenters. The van der Waals surface area contributed by atoms with Gasteiger partial charge in [0.15, 0.2) is 0 Å². The molecule has 2 heterocycles. The van der Waals surface area contributed by atoms with Gasteiger partial charge in [0.1, 0.15) is 0 Å². The van der Waals surface area contributed by atoms with Gasteiger partial charge in [0.2, 0.25) is 0 Å². The van der Waals surface area contributed by atoms with Crippen LogP contribution in [0.1, 0.15) is 69.5 Å². The van der Waals surface area contributed by atoms with Gasteiger partial charge in [0.05, 0.1) is 33.2 Å². The van der Waals surface area contributed by atoms with E-state index >= 15 is 0 Å². The molecule has 0 N–H and O–H groups in total. The topological polar surface area (TPSA) is 8.17 Å². The first kappa shape index (κ1) is 40.7. The Bertz CT molecular complexity index is 4220. The molecule has 2 heteroatoms. The molecule has 0 saturated heterocycles. The van der Waals surface area contributed by atoms with Crippen LogP contribution in [-0.2, 0) is 16.2 Å². The highest BCUT2D eigenvalue weighted by Gasteiger charge is 2.52. The summed E-state index contributed by atoms with van der Waals surface area (Å²) in [5.74, 6) is 0. The second-order valence-corrected chi connectivity index (χ2v) is 21.1. The third-order valence-electron chi connectivity index (χ3n) is 17.4. The second-order valence-electron chi connectivity index (χ2n) is 21.1. The monoisotopic (exact) mass is 928 g/mol. The Balaban J connectivity index is 1.07. The maximum atomic E-state index is 2.63. The molecule has 3 aliphatic carbocycles. The first-order chi connectivity index (χ1) is 36.0. The zero-order valence-corrected chi connectivity index (χ0v) is 40.6. The van der Waals surface area contributed by atoms with Crippen LogP contribution in [0.3, 0.4) is 0 Å². The predicted octanol–water partition coefficient (Wildman–Crippen LogP) is 17.6. The number of aromatic nitrogens is 1. The van der Waals surface area contributed by atoms with E-state index in [1.807, 2.05) is 0 Å². The van der Waals surface area contributed by atoms with Crippen molar-refractivity contribution in [3.05, 3.63) is 310 Å². The molecule has 0 bridgehead atoms. The van der Waals surface area contributed by atoms with Crippen LogP contribution in [0.15, 0.2) is 255 Å². The SMILES string of the molecule is CC1(C)c2ccccc2-c2ccc(N(c3cc4c5c(c3)c3ccccc3n5-c3ccccc3C43c4ccccc4-c4ccccc43)c3cccc4c3-c3ccccc3C4(c3ccccc3)c3ccccc3)cc21. The van der Waals surface area contributed by atoms with Gasteiger partial charge in [-0.15, -0.1) is 0 Å². The summed E-state index contributed by atoms with van der Waals surface area (Å²) < 4.78 is 2.57. The van der Waals surface area contributed by atoms with E-state index in [4.69, 9.17) is 0 Å². The first-order valence-corrected chi connectivity index (χ1v) is 25.8. The lowest BCUT2D eigenvalue weighted by molar-refractivity contribution is 0.660. The van der Waals surface area contributed by atoms with Gasteiger partial charge in [-0.3, -0.25) is 0 Å². The highest BCUT2D eigenvalue weighted by atomic mass is 15.1. The lowest BCUT2D eigenvalue weighted by Crippen LogP contribution is -2.33. The lowest BCUT2D eigenvalue weighted by atomic mass is 9.65. The van der Waals surface area contributed by atoms with Crippen LogP contribution in [-0.4, -0.2) is 4.57 Å². The van der Waals surface area contributed by atoms with E-state index in [2.05, 4.69) is 278 Å². The van der Waals surface area contributed by atoms with E-state index in [-0.39, 0.29) is 5.41 Å². The van der Waals surface area contributed by atoms with Gasteiger partial charge in [-0.2, -0.15) is 0 Å². The highest BCUT2D eigenvalue weighted by molar-refractivity contribution is 6.15. The average Bonchev–Trinajstić information content (AvgIpc) is 4.13. The Morgan fingerprint density at radius 2 is 0.836 bits per heavy atom. The van der Waals surface area contributed by atoms with Crippen LogP contribution >= 0.6 is 0 Å². The molecule has 0 radical (unpaired) electrons. The third-order valence-corrected chi connectivity index (χ3v) is 17.4. The van der Waals surface area contributed by atoms with Crippen molar-refractivity contribution in [1.29, 1.82) is 0 Å². The number of para-hydroxylation sites is 2. The molecule has 12 aromatic rings. The van der Waals surface area contributed by atoms with Crippen molar-refractivity contribution < 1.29 is 0 Å². The number of anilines is 3. The van der Waals surface area contributed by atoms with Crippen LogP contribution in [0.2, 0.25) is 0 Å². The Kier molecular flexibility index (Phi) is 8.12. The van der Waals surface area contributed by atoms with E-state index in [1.54, 1.807) is 0 Å². The maximum Gasteiger partial charge on any atom is 0.0755 e. The van der Waals surface area contributed by atoms with Crippen molar-refractivity contribution in [3.8, 4) is 39.1 Å². The summed E-state index contributed by atoms with van der Waals surface area (Å²) in [7, 11) is 0. The van der Waals surface area contributed by atoms with Gasteiger partial charge in [-0.1, -0.05) is 226 Å². The van der Waals surface area contributed by atoms with Crippen LogP contribution in [0.5, 0.6) is 0 Å². The number of hydrogen-bond acceptors (Lipinski definition) is 1. The molecule has 4 aliphatic rings.